The number of imidazole rings is 1. The zero-order valence-corrected chi connectivity index (χ0v) is 10.9. The Morgan fingerprint density at radius 3 is 3.00 bits per heavy atom. The Morgan fingerprint density at radius 1 is 1.35 bits per heavy atom. The summed E-state index contributed by atoms with van der Waals surface area (Å²) in [5.74, 6) is -1.16. The Bertz CT molecular complexity index is 664. The van der Waals surface area contributed by atoms with Crippen LogP contribution in [0.1, 0.15) is 29.6 Å². The van der Waals surface area contributed by atoms with Gasteiger partial charge in [0, 0.05) is 12.1 Å². The van der Waals surface area contributed by atoms with Gasteiger partial charge >= 0.3 is 5.97 Å². The normalized spacial score (nSPS) is 19.2. The Hall–Kier alpha value is -2.37. The largest absolute Gasteiger partial charge is 0.480 e. The second-order valence-corrected chi connectivity index (χ2v) is 4.98. The van der Waals surface area contributed by atoms with Crippen LogP contribution in [0, 0.1) is 0 Å². The van der Waals surface area contributed by atoms with Crippen molar-refractivity contribution >= 4 is 22.9 Å². The van der Waals surface area contributed by atoms with E-state index in [9.17, 15) is 14.7 Å². The molecule has 0 saturated carbocycles. The van der Waals surface area contributed by atoms with Crippen molar-refractivity contribution in [3.63, 3.8) is 0 Å². The van der Waals surface area contributed by atoms with Crippen molar-refractivity contribution in [2.75, 3.05) is 6.54 Å². The third kappa shape index (κ3) is 2.13. The summed E-state index contributed by atoms with van der Waals surface area (Å²) >= 11 is 0. The molecule has 6 heteroatoms. The van der Waals surface area contributed by atoms with Crippen molar-refractivity contribution in [3.05, 3.63) is 30.1 Å². The van der Waals surface area contributed by atoms with E-state index in [0.29, 0.717) is 18.5 Å². The van der Waals surface area contributed by atoms with Crippen LogP contribution >= 0.6 is 0 Å². The van der Waals surface area contributed by atoms with Gasteiger partial charge in [0.05, 0.1) is 17.4 Å². The zero-order chi connectivity index (χ0) is 14.1. The molecule has 1 aromatic carbocycles. The molecule has 3 rings (SSSR count). The number of rotatable bonds is 2. The molecule has 104 valence electrons. The summed E-state index contributed by atoms with van der Waals surface area (Å²) in [6.07, 6.45) is 3.79. The summed E-state index contributed by atoms with van der Waals surface area (Å²) < 4.78 is 0. The summed E-state index contributed by atoms with van der Waals surface area (Å²) in [4.78, 5) is 32.3. The third-order valence-corrected chi connectivity index (χ3v) is 3.72. The van der Waals surface area contributed by atoms with Gasteiger partial charge in [-0.2, -0.15) is 0 Å². The van der Waals surface area contributed by atoms with E-state index in [0.717, 1.165) is 23.9 Å². The molecule has 0 spiro atoms. The average Bonchev–Trinajstić information content (AvgIpc) is 2.93. The lowest BCUT2D eigenvalue weighted by molar-refractivity contribution is -0.143. The first-order chi connectivity index (χ1) is 9.66. The molecule has 20 heavy (non-hydrogen) atoms. The third-order valence-electron chi connectivity index (χ3n) is 3.72. The summed E-state index contributed by atoms with van der Waals surface area (Å²) in [7, 11) is 0. The minimum Gasteiger partial charge on any atom is -0.480 e. The lowest BCUT2D eigenvalue weighted by Gasteiger charge is -2.33. The van der Waals surface area contributed by atoms with E-state index in [1.807, 2.05) is 0 Å². The van der Waals surface area contributed by atoms with Crippen molar-refractivity contribution in [2.24, 2.45) is 0 Å². The summed E-state index contributed by atoms with van der Waals surface area (Å²) in [5, 5.41) is 9.23. The summed E-state index contributed by atoms with van der Waals surface area (Å²) in [6, 6.07) is 4.46. The summed E-state index contributed by atoms with van der Waals surface area (Å²) in [6.45, 7) is 0.497. The van der Waals surface area contributed by atoms with E-state index in [-0.39, 0.29) is 5.91 Å². The molecule has 1 fully saturated rings. The Labute approximate surface area is 115 Å². The quantitative estimate of drug-likeness (QED) is 0.871. The highest BCUT2D eigenvalue weighted by atomic mass is 16.4. The van der Waals surface area contributed by atoms with E-state index in [1.54, 1.807) is 24.5 Å². The van der Waals surface area contributed by atoms with Gasteiger partial charge in [-0.3, -0.25) is 4.79 Å². The first-order valence-corrected chi connectivity index (χ1v) is 6.64. The van der Waals surface area contributed by atoms with E-state index in [4.69, 9.17) is 0 Å². The average molecular weight is 273 g/mol. The van der Waals surface area contributed by atoms with Crippen LogP contribution < -0.4 is 0 Å². The molecule has 0 radical (unpaired) electrons. The van der Waals surface area contributed by atoms with Gasteiger partial charge in [-0.15, -0.1) is 0 Å². The Balaban J connectivity index is 1.91. The molecule has 2 N–H and O–H groups in total. The van der Waals surface area contributed by atoms with Gasteiger partial charge in [0.15, 0.2) is 0 Å². The van der Waals surface area contributed by atoms with Gasteiger partial charge in [-0.1, -0.05) is 0 Å². The number of H-pyrrole nitrogens is 1. The fraction of sp³-hybridized carbons (Fsp3) is 0.357. The number of carbonyl (C=O) groups is 2. The van der Waals surface area contributed by atoms with E-state index >= 15 is 0 Å². The molecule has 0 aliphatic carbocycles. The van der Waals surface area contributed by atoms with Gasteiger partial charge in [-0.25, -0.2) is 9.78 Å². The van der Waals surface area contributed by atoms with Crippen LogP contribution in [-0.2, 0) is 4.79 Å². The predicted molar refractivity (Wildman–Crippen MR) is 72.4 cm³/mol. The first-order valence-electron chi connectivity index (χ1n) is 6.64. The molecule has 6 nitrogen and oxygen atoms in total. The molecule has 1 saturated heterocycles. The topological polar surface area (TPSA) is 86.3 Å². The van der Waals surface area contributed by atoms with Gasteiger partial charge in [0.25, 0.3) is 5.91 Å². The van der Waals surface area contributed by atoms with E-state index in [1.165, 1.54) is 4.90 Å². The Kier molecular flexibility index (Phi) is 3.14. The summed E-state index contributed by atoms with van der Waals surface area (Å²) in [5.41, 5.74) is 2.06. The predicted octanol–water partition coefficient (Wildman–Crippen LogP) is 1.64. The molecule has 1 aromatic heterocycles. The fourth-order valence-corrected chi connectivity index (χ4v) is 2.67. The van der Waals surface area contributed by atoms with Gasteiger partial charge < -0.3 is 15.0 Å². The highest BCUT2D eigenvalue weighted by Gasteiger charge is 2.32. The molecule has 2 aromatic rings. The van der Waals surface area contributed by atoms with Crippen molar-refractivity contribution in [1.82, 2.24) is 14.9 Å². The van der Waals surface area contributed by atoms with Crippen LogP contribution in [0.2, 0.25) is 0 Å². The van der Waals surface area contributed by atoms with Crippen molar-refractivity contribution in [3.8, 4) is 0 Å². The number of fused-ring (bicyclic) bond motifs is 1. The minimum atomic E-state index is -0.930. The van der Waals surface area contributed by atoms with Crippen molar-refractivity contribution in [1.29, 1.82) is 0 Å². The standard InChI is InChI=1S/C14H15N3O3/c18-13(17-6-2-1-3-12(17)14(19)20)9-4-5-10-11(7-9)16-8-15-10/h4-5,7-8,12H,1-3,6H2,(H,15,16)(H,19,20)/t12-/m1/s1. The second kappa shape index (κ2) is 4.96. The number of aromatic amines is 1. The van der Waals surface area contributed by atoms with Crippen LogP contribution in [0.5, 0.6) is 0 Å². The first kappa shape index (κ1) is 12.7. The highest BCUT2D eigenvalue weighted by molar-refractivity contribution is 5.99. The lowest BCUT2D eigenvalue weighted by Crippen LogP contribution is -2.47. The van der Waals surface area contributed by atoms with Crippen LogP contribution in [0.25, 0.3) is 11.0 Å². The molecule has 2 heterocycles. The monoisotopic (exact) mass is 273 g/mol. The number of nitrogens with zero attached hydrogens (tertiary/aromatic N) is 2. The molecule has 1 atom stereocenters. The molecule has 0 unspecified atom stereocenters. The van der Waals surface area contributed by atoms with Crippen molar-refractivity contribution < 1.29 is 14.7 Å². The van der Waals surface area contributed by atoms with Crippen LogP contribution in [-0.4, -0.2) is 44.4 Å². The fourth-order valence-electron chi connectivity index (χ4n) is 2.67. The molecule has 1 aliphatic heterocycles. The number of likely N-dealkylation sites (tertiary alicyclic amines) is 1. The van der Waals surface area contributed by atoms with E-state index in [2.05, 4.69) is 9.97 Å². The number of hydrogen-bond donors (Lipinski definition) is 2. The van der Waals surface area contributed by atoms with E-state index < -0.39 is 12.0 Å². The number of carbonyl (C=O) groups excluding carboxylic acids is 1. The maximum Gasteiger partial charge on any atom is 0.326 e. The maximum atomic E-state index is 12.5. The number of carboxylic acids is 1. The van der Waals surface area contributed by atoms with Crippen molar-refractivity contribution in [2.45, 2.75) is 25.3 Å². The van der Waals surface area contributed by atoms with Crippen LogP contribution in [0.4, 0.5) is 0 Å². The molecular formula is C14H15N3O3. The minimum absolute atomic E-state index is 0.228. The molecule has 1 aliphatic rings. The number of aliphatic carboxylic acids is 1. The number of nitrogens with one attached hydrogen (secondary N) is 1. The Morgan fingerprint density at radius 2 is 2.20 bits per heavy atom. The second-order valence-electron chi connectivity index (χ2n) is 4.98. The number of carboxylic acid groups (broad SMARTS) is 1. The van der Waals surface area contributed by atoms with Gasteiger partial charge in [-0.05, 0) is 37.5 Å². The maximum absolute atomic E-state index is 12.5. The molecule has 0 bridgehead atoms. The van der Waals surface area contributed by atoms with Crippen LogP contribution in [0.15, 0.2) is 24.5 Å². The van der Waals surface area contributed by atoms with Gasteiger partial charge in [0.2, 0.25) is 0 Å². The number of piperidine rings is 1. The number of aromatic nitrogens is 2. The highest BCUT2D eigenvalue weighted by Crippen LogP contribution is 2.21. The molecular weight excluding hydrogens is 258 g/mol. The van der Waals surface area contributed by atoms with Crippen LogP contribution in [0.3, 0.4) is 0 Å². The smallest absolute Gasteiger partial charge is 0.326 e. The number of benzene rings is 1. The number of amides is 1. The van der Waals surface area contributed by atoms with Gasteiger partial charge in [0.1, 0.15) is 6.04 Å². The SMILES string of the molecule is O=C(O)[C@H]1CCCCN1C(=O)c1ccc2nc[nH]c2c1. The number of hydrogen-bond acceptors (Lipinski definition) is 3. The molecule has 1 amide bonds. The lowest BCUT2D eigenvalue weighted by atomic mass is 10.0. The zero-order valence-electron chi connectivity index (χ0n) is 10.9.